The largest absolute Gasteiger partial charge is 0.264 e. The summed E-state index contributed by atoms with van der Waals surface area (Å²) >= 11 is 1.89. The van der Waals surface area contributed by atoms with Crippen molar-refractivity contribution >= 4 is 22.5 Å². The van der Waals surface area contributed by atoms with Gasteiger partial charge >= 0.3 is 0 Å². The van der Waals surface area contributed by atoms with E-state index in [1.165, 1.54) is 65.1 Å². The third-order valence-corrected chi connectivity index (χ3v) is 12.3. The predicted octanol–water partition coefficient (Wildman–Crippen LogP) is 12.5. The van der Waals surface area contributed by atoms with Crippen LogP contribution in [0.25, 0.3) is 66.9 Å². The fraction of sp³-hybridized carbons (Fsp3) is 0.0200. The summed E-state index contributed by atoms with van der Waals surface area (Å²) in [7, 11) is 0. The maximum absolute atomic E-state index is 5.29. The number of rotatable bonds is 3. The first-order valence-corrected chi connectivity index (χ1v) is 19.1. The van der Waals surface area contributed by atoms with E-state index in [0.29, 0.717) is 5.82 Å². The van der Waals surface area contributed by atoms with E-state index in [0.717, 1.165) is 28.1 Å². The second-order valence-corrected chi connectivity index (χ2v) is 15.0. The minimum absolute atomic E-state index is 0.635. The molecular weight excluding hydrogens is 675 g/mol. The molecule has 0 saturated carbocycles. The zero-order valence-electron chi connectivity index (χ0n) is 29.1. The van der Waals surface area contributed by atoms with E-state index in [4.69, 9.17) is 9.97 Å². The van der Waals surface area contributed by atoms with Crippen LogP contribution in [0.3, 0.4) is 0 Å². The summed E-state index contributed by atoms with van der Waals surface area (Å²) in [5.41, 5.74) is 14.1. The highest BCUT2D eigenvalue weighted by molar-refractivity contribution is 7.99. The molecule has 0 bridgehead atoms. The van der Waals surface area contributed by atoms with Crippen LogP contribution in [0.15, 0.2) is 198 Å². The monoisotopic (exact) mass is 705 g/mol. The number of nitrogens with zero attached hydrogens (tertiary/aromatic N) is 3. The molecule has 2 aliphatic rings. The van der Waals surface area contributed by atoms with Gasteiger partial charge in [-0.2, -0.15) is 0 Å². The van der Waals surface area contributed by atoms with Gasteiger partial charge in [0, 0.05) is 38.9 Å². The van der Waals surface area contributed by atoms with E-state index in [2.05, 4.69) is 157 Å². The van der Waals surface area contributed by atoms with Crippen molar-refractivity contribution in [1.82, 2.24) is 15.0 Å². The Kier molecular flexibility index (Phi) is 7.01. The van der Waals surface area contributed by atoms with E-state index in [1.54, 1.807) is 6.20 Å². The molecule has 0 radical (unpaired) electrons. The summed E-state index contributed by atoms with van der Waals surface area (Å²) in [4.78, 5) is 17.4. The molecule has 1 atom stereocenters. The highest BCUT2D eigenvalue weighted by Crippen LogP contribution is 2.62. The first-order valence-electron chi connectivity index (χ1n) is 18.3. The minimum Gasteiger partial charge on any atom is -0.264 e. The second kappa shape index (κ2) is 12.2. The van der Waals surface area contributed by atoms with Gasteiger partial charge in [0.15, 0.2) is 5.82 Å². The van der Waals surface area contributed by atoms with E-state index < -0.39 is 5.41 Å². The second-order valence-electron chi connectivity index (χ2n) is 13.9. The molecule has 3 heterocycles. The van der Waals surface area contributed by atoms with Crippen LogP contribution in [-0.4, -0.2) is 15.0 Å². The third-order valence-electron chi connectivity index (χ3n) is 11.1. The van der Waals surface area contributed by atoms with Crippen molar-refractivity contribution in [1.29, 1.82) is 0 Å². The zero-order chi connectivity index (χ0) is 35.6. The number of hydrogen-bond acceptors (Lipinski definition) is 4. The van der Waals surface area contributed by atoms with E-state index in [-0.39, 0.29) is 0 Å². The zero-order valence-corrected chi connectivity index (χ0v) is 30.0. The first kappa shape index (κ1) is 31.0. The van der Waals surface area contributed by atoms with Gasteiger partial charge in [0.2, 0.25) is 0 Å². The Balaban J connectivity index is 1.28. The molecule has 0 amide bonds. The van der Waals surface area contributed by atoms with Gasteiger partial charge < -0.3 is 0 Å². The molecule has 0 fully saturated rings. The van der Waals surface area contributed by atoms with E-state index in [9.17, 15) is 0 Å². The Morgan fingerprint density at radius 3 is 1.91 bits per heavy atom. The molecule has 1 aliphatic carbocycles. The standard InChI is InChI=1S/C50H31N3S/c1-2-14-33(15-3-1)49-52-45(30-46(53-49)35-16-12-28-51-31-35)34-24-26-40-38-19-7-6-18-37(38)39-20-8-9-21-41(39)50(44(40)29-34)42-22-10-11-23-47(42)54-48-36-17-5-4-13-32(36)25-27-43(48)50/h1-31H. The normalized spacial score (nSPS) is 15.0. The quantitative estimate of drug-likeness (QED) is 0.183. The Labute approximate surface area is 318 Å². The van der Waals surface area contributed by atoms with Crippen LogP contribution < -0.4 is 0 Å². The summed E-state index contributed by atoms with van der Waals surface area (Å²) in [6, 6.07) is 63.9. The summed E-state index contributed by atoms with van der Waals surface area (Å²) < 4.78 is 0. The molecule has 9 aromatic rings. The highest BCUT2D eigenvalue weighted by Gasteiger charge is 2.48. The van der Waals surface area contributed by atoms with Gasteiger partial charge in [-0.25, -0.2) is 9.97 Å². The molecular formula is C50H31N3S. The van der Waals surface area contributed by atoms with Crippen LogP contribution in [-0.2, 0) is 5.41 Å². The molecule has 11 rings (SSSR count). The molecule has 252 valence electrons. The van der Waals surface area contributed by atoms with Crippen molar-refractivity contribution in [3.8, 4) is 56.2 Å². The van der Waals surface area contributed by atoms with Gasteiger partial charge in [0.05, 0.1) is 16.8 Å². The SMILES string of the molecule is c1ccc(-c2nc(-c3cccnc3)cc(-c3ccc4c(c3)C3(c5ccccc5Sc5c3ccc3ccccc53)c3ccccc3-c3ccccc3-4)n2)cc1. The summed E-state index contributed by atoms with van der Waals surface area (Å²) in [5, 5.41) is 2.52. The number of aromatic nitrogens is 3. The number of benzene rings is 7. The van der Waals surface area contributed by atoms with Crippen LogP contribution in [0.5, 0.6) is 0 Å². The minimum atomic E-state index is -0.635. The average Bonchev–Trinajstić information content (AvgIpc) is 3.35. The van der Waals surface area contributed by atoms with Crippen molar-refractivity contribution in [3.05, 3.63) is 211 Å². The van der Waals surface area contributed by atoms with Crippen LogP contribution in [0, 0.1) is 0 Å². The fourth-order valence-electron chi connectivity index (χ4n) is 8.71. The van der Waals surface area contributed by atoms with Crippen LogP contribution >= 0.6 is 11.8 Å². The number of pyridine rings is 1. The van der Waals surface area contributed by atoms with Gasteiger partial charge in [0.1, 0.15) is 0 Å². The van der Waals surface area contributed by atoms with Gasteiger partial charge in [-0.3, -0.25) is 4.98 Å². The lowest BCUT2D eigenvalue weighted by molar-refractivity contribution is 0.711. The Hall–Kier alpha value is -6.62. The molecule has 3 nitrogen and oxygen atoms in total. The Morgan fingerprint density at radius 2 is 1.09 bits per heavy atom. The van der Waals surface area contributed by atoms with Crippen molar-refractivity contribution in [2.24, 2.45) is 0 Å². The van der Waals surface area contributed by atoms with Crippen molar-refractivity contribution in [2.45, 2.75) is 15.2 Å². The van der Waals surface area contributed by atoms with Gasteiger partial charge in [-0.1, -0.05) is 157 Å². The van der Waals surface area contributed by atoms with E-state index >= 15 is 0 Å². The van der Waals surface area contributed by atoms with Gasteiger partial charge in [-0.05, 0) is 85.6 Å². The number of fused-ring (bicyclic) bond motifs is 13. The molecule has 7 aromatic carbocycles. The summed E-state index contributed by atoms with van der Waals surface area (Å²) in [6.07, 6.45) is 3.67. The molecule has 1 spiro atoms. The highest BCUT2D eigenvalue weighted by atomic mass is 32.2. The maximum atomic E-state index is 5.29. The van der Waals surface area contributed by atoms with Crippen LogP contribution in [0.2, 0.25) is 0 Å². The van der Waals surface area contributed by atoms with Crippen molar-refractivity contribution in [3.63, 3.8) is 0 Å². The molecule has 4 heteroatoms. The van der Waals surface area contributed by atoms with Crippen LogP contribution in [0.4, 0.5) is 0 Å². The predicted molar refractivity (Wildman–Crippen MR) is 221 cm³/mol. The third kappa shape index (κ3) is 4.60. The fourth-order valence-corrected chi connectivity index (χ4v) is 10.0. The van der Waals surface area contributed by atoms with Crippen molar-refractivity contribution in [2.75, 3.05) is 0 Å². The van der Waals surface area contributed by atoms with Gasteiger partial charge in [-0.15, -0.1) is 0 Å². The van der Waals surface area contributed by atoms with E-state index in [1.807, 2.05) is 42.2 Å². The average molecular weight is 706 g/mol. The smallest absolute Gasteiger partial charge is 0.160 e. The lowest BCUT2D eigenvalue weighted by atomic mass is 9.62. The first-order chi connectivity index (χ1) is 26.8. The lowest BCUT2D eigenvalue weighted by Crippen LogP contribution is -2.34. The molecule has 1 unspecified atom stereocenters. The maximum Gasteiger partial charge on any atom is 0.160 e. The van der Waals surface area contributed by atoms with Crippen LogP contribution in [0.1, 0.15) is 22.3 Å². The number of hydrogen-bond donors (Lipinski definition) is 0. The Morgan fingerprint density at radius 1 is 0.426 bits per heavy atom. The topological polar surface area (TPSA) is 38.7 Å². The van der Waals surface area contributed by atoms with Gasteiger partial charge in [0.25, 0.3) is 0 Å². The molecule has 2 aromatic heterocycles. The molecule has 0 saturated heterocycles. The molecule has 54 heavy (non-hydrogen) atoms. The lowest BCUT2D eigenvalue weighted by Gasteiger charge is -2.43. The Bertz CT molecular complexity index is 2860. The van der Waals surface area contributed by atoms with Crippen molar-refractivity contribution < 1.29 is 0 Å². The molecule has 0 N–H and O–H groups in total. The summed E-state index contributed by atoms with van der Waals surface area (Å²) in [5.74, 6) is 0.684. The molecule has 1 aliphatic heterocycles. The summed E-state index contributed by atoms with van der Waals surface area (Å²) in [6.45, 7) is 0.